The van der Waals surface area contributed by atoms with Crippen molar-refractivity contribution in [2.75, 3.05) is 6.61 Å². The zero-order valence-corrected chi connectivity index (χ0v) is 29.3. The Morgan fingerprint density at radius 3 is 1.32 bits per heavy atom. The molecule has 0 saturated carbocycles. The zero-order valence-electron chi connectivity index (χ0n) is 29.3. The molecular weight excluding hydrogens is 546 g/mol. The van der Waals surface area contributed by atoms with Crippen molar-refractivity contribution in [3.63, 3.8) is 0 Å². The summed E-state index contributed by atoms with van der Waals surface area (Å²) in [5, 5.41) is 32.9. The van der Waals surface area contributed by atoms with Gasteiger partial charge in [0.15, 0.2) is 0 Å². The van der Waals surface area contributed by atoms with Crippen LogP contribution in [-0.2, 0) is 4.79 Å². The first-order valence-electron chi connectivity index (χ1n) is 19.2. The van der Waals surface area contributed by atoms with Crippen molar-refractivity contribution in [2.45, 2.75) is 212 Å². The summed E-state index contributed by atoms with van der Waals surface area (Å²) in [6, 6.07) is -0.796. The van der Waals surface area contributed by atoms with Crippen LogP contribution in [0.2, 0.25) is 0 Å². The summed E-state index contributed by atoms with van der Waals surface area (Å²) < 4.78 is 0. The van der Waals surface area contributed by atoms with Gasteiger partial charge >= 0.3 is 0 Å². The largest absolute Gasteiger partial charge is 0.394 e. The van der Waals surface area contributed by atoms with E-state index < -0.39 is 24.2 Å². The molecule has 5 heteroatoms. The molecular formula is C39H75NO4. The lowest BCUT2D eigenvalue weighted by Crippen LogP contribution is -2.48. The molecule has 0 aliphatic carbocycles. The van der Waals surface area contributed by atoms with Gasteiger partial charge in [-0.15, -0.1) is 0 Å². The molecule has 0 aliphatic heterocycles. The molecule has 260 valence electrons. The van der Waals surface area contributed by atoms with Crippen LogP contribution in [0.3, 0.4) is 0 Å². The van der Waals surface area contributed by atoms with Gasteiger partial charge in [-0.3, -0.25) is 4.79 Å². The normalized spacial score (nSPS) is 14.0. The van der Waals surface area contributed by atoms with E-state index in [-0.39, 0.29) is 6.61 Å². The van der Waals surface area contributed by atoms with Gasteiger partial charge in [-0.25, -0.2) is 0 Å². The third kappa shape index (κ3) is 29.5. The van der Waals surface area contributed by atoms with Crippen LogP contribution in [-0.4, -0.2) is 46.1 Å². The van der Waals surface area contributed by atoms with Crippen LogP contribution in [0.4, 0.5) is 0 Å². The molecule has 0 aliphatic rings. The van der Waals surface area contributed by atoms with Gasteiger partial charge < -0.3 is 20.6 Å². The van der Waals surface area contributed by atoms with E-state index in [1.165, 1.54) is 141 Å². The maximum Gasteiger partial charge on any atom is 0.249 e. The van der Waals surface area contributed by atoms with Gasteiger partial charge in [-0.1, -0.05) is 173 Å². The molecule has 0 spiro atoms. The molecule has 0 bridgehead atoms. The predicted octanol–water partition coefficient (Wildman–Crippen LogP) is 10.3. The Hall–Kier alpha value is -1.17. The molecule has 1 amide bonds. The molecule has 0 radical (unpaired) electrons. The van der Waals surface area contributed by atoms with E-state index >= 15 is 0 Å². The van der Waals surface area contributed by atoms with Crippen LogP contribution in [0, 0.1) is 0 Å². The summed E-state index contributed by atoms with van der Waals surface area (Å²) in [5.41, 5.74) is 0. The first-order chi connectivity index (χ1) is 21.6. The zero-order chi connectivity index (χ0) is 32.4. The average Bonchev–Trinajstić information content (AvgIpc) is 3.03. The first-order valence-corrected chi connectivity index (χ1v) is 19.2. The highest BCUT2D eigenvalue weighted by Gasteiger charge is 2.22. The molecule has 5 nitrogen and oxygen atoms in total. The minimum absolute atomic E-state index is 0.364. The molecule has 0 aromatic rings. The Labute approximate surface area is 273 Å². The highest BCUT2D eigenvalue weighted by molar-refractivity contribution is 5.80. The predicted molar refractivity (Wildman–Crippen MR) is 190 cm³/mol. The van der Waals surface area contributed by atoms with Gasteiger partial charge in [0, 0.05) is 0 Å². The summed E-state index contributed by atoms with van der Waals surface area (Å²) in [5.74, 6) is -0.509. The van der Waals surface area contributed by atoms with E-state index in [1.807, 2.05) is 6.08 Å². The van der Waals surface area contributed by atoms with Crippen molar-refractivity contribution in [1.82, 2.24) is 5.32 Å². The highest BCUT2D eigenvalue weighted by Crippen LogP contribution is 2.14. The number of hydrogen-bond donors (Lipinski definition) is 4. The summed E-state index contributed by atoms with van der Waals surface area (Å²) in [4.78, 5) is 12.4. The van der Waals surface area contributed by atoms with Crippen molar-refractivity contribution in [3.8, 4) is 0 Å². The van der Waals surface area contributed by atoms with Crippen LogP contribution in [0.5, 0.6) is 0 Å². The fourth-order valence-electron chi connectivity index (χ4n) is 5.71. The van der Waals surface area contributed by atoms with Crippen molar-refractivity contribution >= 4 is 5.91 Å². The number of aliphatic hydroxyl groups excluding tert-OH is 3. The van der Waals surface area contributed by atoms with Gasteiger partial charge in [0.05, 0.1) is 18.8 Å². The number of carbonyl (C=O) groups excluding carboxylic acids is 1. The minimum atomic E-state index is -1.10. The van der Waals surface area contributed by atoms with E-state index in [2.05, 4.69) is 31.3 Å². The van der Waals surface area contributed by atoms with Crippen LogP contribution >= 0.6 is 0 Å². The molecule has 0 heterocycles. The molecule has 44 heavy (non-hydrogen) atoms. The number of rotatable bonds is 34. The van der Waals surface area contributed by atoms with Gasteiger partial charge in [0.1, 0.15) is 6.10 Å². The van der Waals surface area contributed by atoms with Crippen LogP contribution < -0.4 is 5.32 Å². The lowest BCUT2D eigenvalue weighted by atomic mass is 10.0. The van der Waals surface area contributed by atoms with Crippen molar-refractivity contribution in [2.24, 2.45) is 0 Å². The Morgan fingerprint density at radius 2 is 0.909 bits per heavy atom. The number of allylic oxidation sites excluding steroid dienone is 3. The third-order valence-electron chi connectivity index (χ3n) is 8.79. The Balaban J connectivity index is 3.72. The molecule has 3 atom stereocenters. The van der Waals surface area contributed by atoms with Crippen molar-refractivity contribution < 1.29 is 20.1 Å². The van der Waals surface area contributed by atoms with Crippen molar-refractivity contribution in [1.29, 1.82) is 0 Å². The Kier molecular flexibility index (Phi) is 33.8. The summed E-state index contributed by atoms with van der Waals surface area (Å²) >= 11 is 0. The smallest absolute Gasteiger partial charge is 0.249 e. The Morgan fingerprint density at radius 1 is 0.545 bits per heavy atom. The van der Waals surface area contributed by atoms with E-state index in [0.29, 0.717) is 6.42 Å². The van der Waals surface area contributed by atoms with E-state index in [9.17, 15) is 20.1 Å². The standard InChI is InChI=1S/C39H75NO4/c1-3-5-7-9-11-13-15-17-18-19-20-21-22-24-26-28-30-32-34-38(43)39(44)40-36(35-41)37(42)33-31-29-27-25-23-16-14-12-10-8-6-4-2/h19-20,31,33,36-38,41-43H,3-18,21-30,32,34-35H2,1-2H3,(H,40,44)/b20-19-,33-31+. The van der Waals surface area contributed by atoms with Gasteiger partial charge in [0.25, 0.3) is 0 Å². The lowest BCUT2D eigenvalue weighted by Gasteiger charge is -2.21. The number of carbonyl (C=O) groups is 1. The fourth-order valence-corrected chi connectivity index (χ4v) is 5.71. The minimum Gasteiger partial charge on any atom is -0.394 e. The van der Waals surface area contributed by atoms with Gasteiger partial charge in [0.2, 0.25) is 5.91 Å². The topological polar surface area (TPSA) is 89.8 Å². The third-order valence-corrected chi connectivity index (χ3v) is 8.79. The molecule has 0 fully saturated rings. The first kappa shape index (κ1) is 42.8. The van der Waals surface area contributed by atoms with Crippen molar-refractivity contribution in [3.05, 3.63) is 24.3 Å². The second-order valence-electron chi connectivity index (χ2n) is 13.1. The van der Waals surface area contributed by atoms with Crippen LogP contribution in [0.25, 0.3) is 0 Å². The number of nitrogens with one attached hydrogen (secondary N) is 1. The SMILES string of the molecule is CCCCCCCCCC/C=C\CCCCCCCCC(O)C(=O)NC(CO)C(O)/C=C/CCCCCCCCCCCC. The summed E-state index contributed by atoms with van der Waals surface area (Å²) in [6.45, 7) is 4.16. The van der Waals surface area contributed by atoms with Gasteiger partial charge in [-0.2, -0.15) is 0 Å². The van der Waals surface area contributed by atoms with E-state index in [1.54, 1.807) is 6.08 Å². The van der Waals surface area contributed by atoms with Crippen LogP contribution in [0.1, 0.15) is 194 Å². The second-order valence-corrected chi connectivity index (χ2v) is 13.1. The molecule has 0 aromatic heterocycles. The highest BCUT2D eigenvalue weighted by atomic mass is 16.3. The fraction of sp³-hybridized carbons (Fsp3) is 0.872. The molecule has 0 aromatic carbocycles. The Bertz CT molecular complexity index is 650. The number of hydrogen-bond acceptors (Lipinski definition) is 4. The summed E-state index contributed by atoms with van der Waals surface area (Å²) in [7, 11) is 0. The molecule has 0 saturated heterocycles. The van der Waals surface area contributed by atoms with Gasteiger partial charge in [-0.05, 0) is 44.9 Å². The molecule has 4 N–H and O–H groups in total. The quantitative estimate of drug-likeness (QED) is 0.0425. The van der Waals surface area contributed by atoms with E-state index in [0.717, 1.165) is 32.1 Å². The van der Waals surface area contributed by atoms with Crippen LogP contribution in [0.15, 0.2) is 24.3 Å². The summed E-state index contributed by atoms with van der Waals surface area (Å²) in [6.07, 6.45) is 40.5. The second kappa shape index (κ2) is 34.7. The number of amides is 1. The monoisotopic (exact) mass is 622 g/mol. The maximum atomic E-state index is 12.4. The lowest BCUT2D eigenvalue weighted by molar-refractivity contribution is -0.131. The molecule has 3 unspecified atom stereocenters. The number of aliphatic hydroxyl groups is 3. The average molecular weight is 622 g/mol. The molecule has 0 rings (SSSR count). The number of unbranched alkanes of at least 4 members (excludes halogenated alkanes) is 24. The van der Waals surface area contributed by atoms with E-state index in [4.69, 9.17) is 0 Å². The maximum absolute atomic E-state index is 12.4.